The van der Waals surface area contributed by atoms with Gasteiger partial charge in [-0.2, -0.15) is 0 Å². The maximum Gasteiger partial charge on any atom is 0.303 e. The van der Waals surface area contributed by atoms with Gasteiger partial charge in [0.05, 0.1) is 6.61 Å². The van der Waals surface area contributed by atoms with Gasteiger partial charge in [0.15, 0.2) is 0 Å². The van der Waals surface area contributed by atoms with Crippen molar-refractivity contribution < 1.29 is 19.0 Å². The van der Waals surface area contributed by atoms with Gasteiger partial charge in [0, 0.05) is 6.42 Å². The standard InChI is InChI=1S/C15H19FO3/c16-13-7-8-14(19-10-11-3-1-4-11)12(9-13)5-2-6-15(17)18/h7-9,11H,1-6,10H2,(H,17,18). The molecule has 1 fully saturated rings. The smallest absolute Gasteiger partial charge is 0.303 e. The van der Waals surface area contributed by atoms with Crippen LogP contribution in [-0.4, -0.2) is 17.7 Å². The number of ether oxygens (including phenoxy) is 1. The third kappa shape index (κ3) is 4.23. The minimum atomic E-state index is -0.826. The number of carboxylic acids is 1. The molecule has 1 aromatic rings. The number of benzene rings is 1. The number of hydrogen-bond donors (Lipinski definition) is 1. The van der Waals surface area contributed by atoms with Gasteiger partial charge in [0.1, 0.15) is 11.6 Å². The van der Waals surface area contributed by atoms with E-state index in [-0.39, 0.29) is 12.2 Å². The lowest BCUT2D eigenvalue weighted by Gasteiger charge is -2.25. The Labute approximate surface area is 112 Å². The van der Waals surface area contributed by atoms with E-state index in [1.807, 2.05) is 0 Å². The quantitative estimate of drug-likeness (QED) is 0.822. The van der Waals surface area contributed by atoms with Crippen molar-refractivity contribution in [2.45, 2.75) is 38.5 Å². The van der Waals surface area contributed by atoms with Crippen molar-refractivity contribution in [1.29, 1.82) is 0 Å². The van der Waals surface area contributed by atoms with Gasteiger partial charge in [-0.05, 0) is 55.4 Å². The fourth-order valence-corrected chi connectivity index (χ4v) is 2.18. The zero-order valence-electron chi connectivity index (χ0n) is 10.9. The topological polar surface area (TPSA) is 46.5 Å². The third-order valence-electron chi connectivity index (χ3n) is 3.56. The van der Waals surface area contributed by atoms with Crippen molar-refractivity contribution >= 4 is 5.97 Å². The van der Waals surface area contributed by atoms with Crippen molar-refractivity contribution in [2.24, 2.45) is 5.92 Å². The zero-order chi connectivity index (χ0) is 13.7. The molecule has 1 aliphatic rings. The Morgan fingerprint density at radius 2 is 2.21 bits per heavy atom. The highest BCUT2D eigenvalue weighted by atomic mass is 19.1. The Morgan fingerprint density at radius 1 is 1.42 bits per heavy atom. The normalized spacial score (nSPS) is 15.0. The SMILES string of the molecule is O=C(O)CCCc1cc(F)ccc1OCC1CCC1. The van der Waals surface area contributed by atoms with E-state index < -0.39 is 5.97 Å². The molecule has 0 atom stereocenters. The van der Waals surface area contributed by atoms with E-state index in [4.69, 9.17) is 9.84 Å². The van der Waals surface area contributed by atoms with Crippen molar-refractivity contribution in [1.82, 2.24) is 0 Å². The maximum absolute atomic E-state index is 13.2. The number of halogens is 1. The van der Waals surface area contributed by atoms with Crippen LogP contribution >= 0.6 is 0 Å². The molecule has 0 unspecified atom stereocenters. The summed E-state index contributed by atoms with van der Waals surface area (Å²) in [5.41, 5.74) is 0.764. The van der Waals surface area contributed by atoms with Crippen LogP contribution in [0.3, 0.4) is 0 Å². The fourth-order valence-electron chi connectivity index (χ4n) is 2.18. The molecular weight excluding hydrogens is 247 g/mol. The summed E-state index contributed by atoms with van der Waals surface area (Å²) < 4.78 is 19.0. The molecule has 0 heterocycles. The second-order valence-electron chi connectivity index (χ2n) is 5.11. The molecule has 19 heavy (non-hydrogen) atoms. The average molecular weight is 266 g/mol. The van der Waals surface area contributed by atoms with Gasteiger partial charge in [-0.15, -0.1) is 0 Å². The van der Waals surface area contributed by atoms with Gasteiger partial charge in [-0.25, -0.2) is 4.39 Å². The number of carbonyl (C=O) groups is 1. The minimum absolute atomic E-state index is 0.0958. The number of hydrogen-bond acceptors (Lipinski definition) is 2. The van der Waals surface area contributed by atoms with Crippen molar-refractivity contribution in [3.05, 3.63) is 29.6 Å². The molecule has 1 N–H and O–H groups in total. The van der Waals surface area contributed by atoms with Gasteiger partial charge in [-0.1, -0.05) is 6.42 Å². The summed E-state index contributed by atoms with van der Waals surface area (Å²) in [7, 11) is 0. The first-order chi connectivity index (χ1) is 9.15. The number of aryl methyl sites for hydroxylation is 1. The molecule has 4 heteroatoms. The van der Waals surface area contributed by atoms with E-state index in [9.17, 15) is 9.18 Å². The monoisotopic (exact) mass is 266 g/mol. The zero-order valence-corrected chi connectivity index (χ0v) is 10.9. The van der Waals surface area contributed by atoms with Crippen LogP contribution in [0.4, 0.5) is 4.39 Å². The van der Waals surface area contributed by atoms with Crippen molar-refractivity contribution in [2.75, 3.05) is 6.61 Å². The Morgan fingerprint density at radius 3 is 2.84 bits per heavy atom. The predicted octanol–water partition coefficient (Wildman–Crippen LogP) is 3.41. The van der Waals surface area contributed by atoms with Gasteiger partial charge in [-0.3, -0.25) is 4.79 Å². The maximum atomic E-state index is 13.2. The number of carboxylic acid groups (broad SMARTS) is 1. The Bertz CT molecular complexity index is 441. The van der Waals surface area contributed by atoms with Crippen LogP contribution in [0.2, 0.25) is 0 Å². The first kappa shape index (κ1) is 13.8. The highest BCUT2D eigenvalue weighted by molar-refractivity contribution is 5.66. The molecule has 0 aliphatic heterocycles. The van der Waals surface area contributed by atoms with Gasteiger partial charge < -0.3 is 9.84 Å². The third-order valence-corrected chi connectivity index (χ3v) is 3.56. The molecule has 1 aromatic carbocycles. The van der Waals surface area contributed by atoms with Gasteiger partial charge >= 0.3 is 5.97 Å². The Balaban J connectivity index is 1.93. The van der Waals surface area contributed by atoms with Crippen LogP contribution in [0.1, 0.15) is 37.7 Å². The molecule has 0 aromatic heterocycles. The van der Waals surface area contributed by atoms with E-state index in [0.29, 0.717) is 31.1 Å². The summed E-state index contributed by atoms with van der Waals surface area (Å²) in [6.45, 7) is 0.678. The van der Waals surface area contributed by atoms with Crippen LogP contribution in [0, 0.1) is 11.7 Å². The van der Waals surface area contributed by atoms with Crippen LogP contribution in [0.5, 0.6) is 5.75 Å². The van der Waals surface area contributed by atoms with Gasteiger partial charge in [0.25, 0.3) is 0 Å². The highest BCUT2D eigenvalue weighted by Gasteiger charge is 2.18. The van der Waals surface area contributed by atoms with E-state index >= 15 is 0 Å². The largest absolute Gasteiger partial charge is 0.493 e. The Hall–Kier alpha value is -1.58. The molecule has 2 rings (SSSR count). The van der Waals surface area contributed by atoms with E-state index in [1.54, 1.807) is 6.07 Å². The van der Waals surface area contributed by atoms with Crippen molar-refractivity contribution in [3.63, 3.8) is 0 Å². The summed E-state index contributed by atoms with van der Waals surface area (Å²) in [5, 5.41) is 8.63. The molecular formula is C15H19FO3. The van der Waals surface area contributed by atoms with Crippen LogP contribution < -0.4 is 4.74 Å². The number of rotatable bonds is 7. The lowest BCUT2D eigenvalue weighted by Crippen LogP contribution is -2.19. The molecule has 1 saturated carbocycles. The highest BCUT2D eigenvalue weighted by Crippen LogP contribution is 2.28. The fraction of sp³-hybridized carbons (Fsp3) is 0.533. The lowest BCUT2D eigenvalue weighted by atomic mass is 9.86. The van der Waals surface area contributed by atoms with E-state index in [1.165, 1.54) is 31.4 Å². The molecule has 0 radical (unpaired) electrons. The molecule has 3 nitrogen and oxygen atoms in total. The van der Waals surface area contributed by atoms with E-state index in [2.05, 4.69) is 0 Å². The summed E-state index contributed by atoms with van der Waals surface area (Å²) >= 11 is 0. The van der Waals surface area contributed by atoms with E-state index in [0.717, 1.165) is 5.56 Å². The summed E-state index contributed by atoms with van der Waals surface area (Å²) in [6, 6.07) is 4.47. The van der Waals surface area contributed by atoms with Gasteiger partial charge in [0.2, 0.25) is 0 Å². The van der Waals surface area contributed by atoms with Crippen molar-refractivity contribution in [3.8, 4) is 5.75 Å². The summed E-state index contributed by atoms with van der Waals surface area (Å²) in [5.74, 6) is 0.185. The molecule has 0 bridgehead atoms. The van der Waals surface area contributed by atoms with Crippen LogP contribution in [-0.2, 0) is 11.2 Å². The number of aliphatic carboxylic acids is 1. The minimum Gasteiger partial charge on any atom is -0.493 e. The molecule has 0 amide bonds. The molecule has 0 saturated heterocycles. The average Bonchev–Trinajstić information content (AvgIpc) is 2.29. The Kier molecular flexibility index (Phi) is 4.77. The first-order valence-electron chi connectivity index (χ1n) is 6.78. The molecule has 0 spiro atoms. The van der Waals surface area contributed by atoms with Crippen LogP contribution in [0.15, 0.2) is 18.2 Å². The predicted molar refractivity (Wildman–Crippen MR) is 69.8 cm³/mol. The molecule has 104 valence electrons. The summed E-state index contributed by atoms with van der Waals surface area (Å²) in [6.07, 6.45) is 4.80. The second-order valence-corrected chi connectivity index (χ2v) is 5.11. The molecule has 1 aliphatic carbocycles. The second kappa shape index (κ2) is 6.55. The lowest BCUT2D eigenvalue weighted by molar-refractivity contribution is -0.137. The first-order valence-corrected chi connectivity index (χ1v) is 6.78. The summed E-state index contributed by atoms with van der Waals surface area (Å²) in [4.78, 5) is 10.5. The van der Waals surface area contributed by atoms with Crippen LogP contribution in [0.25, 0.3) is 0 Å².